The van der Waals surface area contributed by atoms with E-state index in [1.54, 1.807) is 4.90 Å². The number of carbonyl (C=O) groups excluding carboxylic acids is 4. The zero-order valence-corrected chi connectivity index (χ0v) is 16.6. The summed E-state index contributed by atoms with van der Waals surface area (Å²) in [7, 11) is 0. The number of nitrogens with zero attached hydrogens (tertiary/aromatic N) is 2. The van der Waals surface area contributed by atoms with Crippen LogP contribution < -0.4 is 16.0 Å². The van der Waals surface area contributed by atoms with Gasteiger partial charge >= 0.3 is 0 Å². The van der Waals surface area contributed by atoms with Crippen LogP contribution in [0.2, 0.25) is 0 Å². The molecule has 3 rings (SSSR count). The van der Waals surface area contributed by atoms with Crippen LogP contribution in [0, 0.1) is 12.8 Å². The molecule has 1 aromatic heterocycles. The smallest absolute Gasteiger partial charge is 0.239 e. The summed E-state index contributed by atoms with van der Waals surface area (Å²) in [6.45, 7) is 2.49. The van der Waals surface area contributed by atoms with Crippen molar-refractivity contribution in [1.82, 2.24) is 25.8 Å². The number of piperidine rings is 1. The Bertz CT molecular complexity index is 797. The van der Waals surface area contributed by atoms with Gasteiger partial charge in [0.1, 0.15) is 0 Å². The Labute approximate surface area is 169 Å². The van der Waals surface area contributed by atoms with Gasteiger partial charge in [-0.25, -0.2) is 0 Å². The molecule has 0 aliphatic carbocycles. The van der Waals surface area contributed by atoms with Gasteiger partial charge in [-0.3, -0.25) is 24.2 Å². The number of pyridine rings is 1. The molecule has 4 amide bonds. The molecule has 2 aliphatic heterocycles. The van der Waals surface area contributed by atoms with Crippen LogP contribution in [0.15, 0.2) is 18.2 Å². The normalized spacial score (nSPS) is 24.2. The predicted molar refractivity (Wildman–Crippen MR) is 105 cm³/mol. The van der Waals surface area contributed by atoms with E-state index in [1.165, 1.54) is 0 Å². The first kappa shape index (κ1) is 20.8. The fourth-order valence-corrected chi connectivity index (χ4v) is 3.76. The molecule has 3 heterocycles. The van der Waals surface area contributed by atoms with Crippen LogP contribution in [0.5, 0.6) is 0 Å². The molecule has 9 nitrogen and oxygen atoms in total. The SMILES string of the molecule is Cc1cccc(CC2CC(=O)NCC(=O)NCC(=O)NC3CCCN(C3)C2=O)n1. The molecular weight excluding hydrogens is 374 g/mol. The third-order valence-corrected chi connectivity index (χ3v) is 5.17. The predicted octanol–water partition coefficient (Wildman–Crippen LogP) is -0.708. The molecule has 2 saturated heterocycles. The maximum absolute atomic E-state index is 13.2. The molecule has 0 aromatic carbocycles. The topological polar surface area (TPSA) is 121 Å². The van der Waals surface area contributed by atoms with Crippen LogP contribution in [0.25, 0.3) is 0 Å². The number of hydrogen-bond donors (Lipinski definition) is 3. The van der Waals surface area contributed by atoms with Crippen LogP contribution in [0.1, 0.15) is 30.7 Å². The van der Waals surface area contributed by atoms with Crippen molar-refractivity contribution in [2.75, 3.05) is 26.2 Å². The van der Waals surface area contributed by atoms with Gasteiger partial charge in [0.25, 0.3) is 0 Å². The first-order chi connectivity index (χ1) is 13.9. The van der Waals surface area contributed by atoms with Crippen molar-refractivity contribution < 1.29 is 19.2 Å². The highest BCUT2D eigenvalue weighted by Crippen LogP contribution is 2.19. The van der Waals surface area contributed by atoms with Crippen LogP contribution in [-0.4, -0.2) is 65.7 Å². The second-order valence-electron chi connectivity index (χ2n) is 7.62. The Balaban J connectivity index is 1.80. The van der Waals surface area contributed by atoms with Crippen molar-refractivity contribution in [3.63, 3.8) is 0 Å². The lowest BCUT2D eigenvalue weighted by Gasteiger charge is -2.35. The van der Waals surface area contributed by atoms with Crippen molar-refractivity contribution >= 4 is 23.6 Å². The van der Waals surface area contributed by atoms with Gasteiger partial charge in [-0.15, -0.1) is 0 Å². The van der Waals surface area contributed by atoms with Gasteiger partial charge in [0.2, 0.25) is 23.6 Å². The minimum absolute atomic E-state index is 0.0186. The number of aromatic nitrogens is 1. The van der Waals surface area contributed by atoms with Crippen molar-refractivity contribution in [3.05, 3.63) is 29.6 Å². The van der Waals surface area contributed by atoms with Crippen LogP contribution in [0.3, 0.4) is 0 Å². The molecule has 2 unspecified atom stereocenters. The molecule has 2 aliphatic rings. The summed E-state index contributed by atoms with van der Waals surface area (Å²) in [6, 6.07) is 5.44. The van der Waals surface area contributed by atoms with E-state index in [2.05, 4.69) is 20.9 Å². The van der Waals surface area contributed by atoms with Crippen molar-refractivity contribution in [1.29, 1.82) is 0 Å². The zero-order valence-electron chi connectivity index (χ0n) is 16.6. The molecule has 3 N–H and O–H groups in total. The summed E-state index contributed by atoms with van der Waals surface area (Å²) >= 11 is 0. The first-order valence-electron chi connectivity index (χ1n) is 9.95. The molecule has 0 radical (unpaired) electrons. The summed E-state index contributed by atoms with van der Waals surface area (Å²) in [4.78, 5) is 55.7. The third-order valence-electron chi connectivity index (χ3n) is 5.17. The lowest BCUT2D eigenvalue weighted by Crippen LogP contribution is -2.53. The summed E-state index contributed by atoms with van der Waals surface area (Å²) in [5.41, 5.74) is 1.59. The molecule has 2 fully saturated rings. The Hall–Kier alpha value is -2.97. The minimum atomic E-state index is -0.579. The fourth-order valence-electron chi connectivity index (χ4n) is 3.76. The van der Waals surface area contributed by atoms with Gasteiger partial charge in [0, 0.05) is 43.4 Å². The monoisotopic (exact) mass is 401 g/mol. The number of amides is 4. The van der Waals surface area contributed by atoms with Gasteiger partial charge in [-0.1, -0.05) is 6.07 Å². The van der Waals surface area contributed by atoms with E-state index in [9.17, 15) is 19.2 Å². The number of nitrogens with one attached hydrogen (secondary N) is 3. The zero-order chi connectivity index (χ0) is 20.8. The van der Waals surface area contributed by atoms with Gasteiger partial charge in [0.15, 0.2) is 0 Å². The lowest BCUT2D eigenvalue weighted by atomic mass is 9.94. The van der Waals surface area contributed by atoms with Crippen molar-refractivity contribution in [2.45, 2.75) is 38.6 Å². The molecule has 29 heavy (non-hydrogen) atoms. The van der Waals surface area contributed by atoms with Gasteiger partial charge in [-0.05, 0) is 31.9 Å². The molecule has 0 saturated carbocycles. The summed E-state index contributed by atoms with van der Waals surface area (Å²) in [5.74, 6) is -1.82. The number of rotatable bonds is 2. The van der Waals surface area contributed by atoms with Crippen molar-refractivity contribution in [3.8, 4) is 0 Å². The average Bonchev–Trinajstić information content (AvgIpc) is 2.69. The second-order valence-corrected chi connectivity index (χ2v) is 7.62. The lowest BCUT2D eigenvalue weighted by molar-refractivity contribution is -0.140. The molecule has 2 atom stereocenters. The van der Waals surface area contributed by atoms with E-state index in [4.69, 9.17) is 0 Å². The largest absolute Gasteiger partial charge is 0.350 e. The molecule has 2 bridgehead atoms. The van der Waals surface area contributed by atoms with E-state index in [0.29, 0.717) is 19.5 Å². The number of fused-ring (bicyclic) bond motifs is 2. The maximum atomic E-state index is 13.2. The Morgan fingerprint density at radius 2 is 1.83 bits per heavy atom. The Morgan fingerprint density at radius 1 is 1.07 bits per heavy atom. The molecular formula is C20H27N5O4. The van der Waals surface area contributed by atoms with Crippen LogP contribution in [-0.2, 0) is 25.6 Å². The van der Waals surface area contributed by atoms with Crippen LogP contribution >= 0.6 is 0 Å². The third kappa shape index (κ3) is 6.00. The van der Waals surface area contributed by atoms with Gasteiger partial charge in [-0.2, -0.15) is 0 Å². The highest BCUT2D eigenvalue weighted by Gasteiger charge is 2.31. The standard InChI is InChI=1S/C20H27N5O4/c1-13-4-2-5-15(23-13)8-14-9-17(26)21-10-18(27)22-11-19(28)24-16-6-3-7-25(12-16)20(14)29/h2,4-5,14,16H,3,6-12H2,1H3,(H,21,26)(H,22,27)(H,24,28). The van der Waals surface area contributed by atoms with E-state index in [1.807, 2.05) is 25.1 Å². The van der Waals surface area contributed by atoms with Crippen molar-refractivity contribution in [2.24, 2.45) is 5.92 Å². The minimum Gasteiger partial charge on any atom is -0.350 e. The molecule has 156 valence electrons. The van der Waals surface area contributed by atoms with E-state index < -0.39 is 11.8 Å². The Morgan fingerprint density at radius 3 is 2.62 bits per heavy atom. The second kappa shape index (κ2) is 9.49. The molecule has 0 spiro atoms. The Kier molecular flexibility index (Phi) is 6.79. The maximum Gasteiger partial charge on any atom is 0.239 e. The highest BCUT2D eigenvalue weighted by molar-refractivity contribution is 5.90. The fraction of sp³-hybridized carbons (Fsp3) is 0.550. The van der Waals surface area contributed by atoms with E-state index >= 15 is 0 Å². The van der Waals surface area contributed by atoms with Gasteiger partial charge in [0.05, 0.1) is 19.0 Å². The average molecular weight is 401 g/mol. The van der Waals surface area contributed by atoms with Gasteiger partial charge < -0.3 is 20.9 Å². The molecule has 9 heteroatoms. The first-order valence-corrected chi connectivity index (χ1v) is 9.95. The summed E-state index contributed by atoms with van der Waals surface area (Å²) in [6.07, 6.45) is 1.86. The number of carbonyl (C=O) groups is 4. The molecule has 1 aromatic rings. The van der Waals surface area contributed by atoms with E-state index in [-0.39, 0.29) is 43.3 Å². The quantitative estimate of drug-likeness (QED) is 0.605. The van der Waals surface area contributed by atoms with E-state index in [0.717, 1.165) is 24.2 Å². The number of aryl methyl sites for hydroxylation is 1. The summed E-state index contributed by atoms with van der Waals surface area (Å²) in [5, 5.41) is 7.90. The summed E-state index contributed by atoms with van der Waals surface area (Å²) < 4.78 is 0. The van der Waals surface area contributed by atoms with Crippen LogP contribution in [0.4, 0.5) is 0 Å². The highest BCUT2D eigenvalue weighted by atomic mass is 16.2. The number of hydrogen-bond acceptors (Lipinski definition) is 5.